The van der Waals surface area contributed by atoms with Crippen LogP contribution in [0.2, 0.25) is 0 Å². The summed E-state index contributed by atoms with van der Waals surface area (Å²) in [5.74, 6) is 0. The summed E-state index contributed by atoms with van der Waals surface area (Å²) in [5, 5.41) is 0. The third-order valence-corrected chi connectivity index (χ3v) is 3.43. The van der Waals surface area contributed by atoms with E-state index in [1.807, 2.05) is 12.1 Å². The lowest BCUT2D eigenvalue weighted by Crippen LogP contribution is -2.36. The molecule has 0 radical (unpaired) electrons. The van der Waals surface area contributed by atoms with Crippen LogP contribution in [0.5, 0.6) is 0 Å². The van der Waals surface area contributed by atoms with E-state index in [1.54, 1.807) is 0 Å². The number of carbonyl (C=O) groups is 1. The van der Waals surface area contributed by atoms with E-state index in [2.05, 4.69) is 33.0 Å². The van der Waals surface area contributed by atoms with Crippen molar-refractivity contribution in [2.24, 2.45) is 0 Å². The molecule has 1 aliphatic rings. The van der Waals surface area contributed by atoms with Crippen molar-refractivity contribution in [2.45, 2.75) is 4.83 Å². The molecule has 1 aromatic carbocycles. The van der Waals surface area contributed by atoms with Gasteiger partial charge in [0.15, 0.2) is 0 Å². The highest BCUT2D eigenvalue weighted by Crippen LogP contribution is 2.25. The van der Waals surface area contributed by atoms with Gasteiger partial charge in [0, 0.05) is 18.8 Å². The van der Waals surface area contributed by atoms with Gasteiger partial charge in [-0.1, -0.05) is 28.1 Å². The standard InChI is InChI=1S/C12H14BrNO2/c13-12(9-15)10-2-1-3-11(8-10)14-4-6-16-7-5-14/h1-3,8-9,12H,4-7H2. The number of alkyl halides is 1. The summed E-state index contributed by atoms with van der Waals surface area (Å²) in [4.78, 5) is 12.8. The molecule has 1 atom stereocenters. The topological polar surface area (TPSA) is 29.5 Å². The zero-order valence-corrected chi connectivity index (χ0v) is 10.5. The number of morpholine rings is 1. The molecular formula is C12H14BrNO2. The van der Waals surface area contributed by atoms with Crippen LogP contribution in [0.25, 0.3) is 0 Å². The Kier molecular flexibility index (Phi) is 3.96. The molecule has 1 saturated heterocycles. The van der Waals surface area contributed by atoms with Crippen molar-refractivity contribution in [1.29, 1.82) is 0 Å². The van der Waals surface area contributed by atoms with Crippen molar-refractivity contribution < 1.29 is 9.53 Å². The first-order chi connectivity index (χ1) is 7.81. The smallest absolute Gasteiger partial charge is 0.138 e. The molecule has 4 heteroatoms. The van der Waals surface area contributed by atoms with Crippen molar-refractivity contribution in [3.63, 3.8) is 0 Å². The van der Waals surface area contributed by atoms with Crippen molar-refractivity contribution in [2.75, 3.05) is 31.2 Å². The molecule has 0 N–H and O–H groups in total. The highest BCUT2D eigenvalue weighted by molar-refractivity contribution is 9.09. The summed E-state index contributed by atoms with van der Waals surface area (Å²) in [6, 6.07) is 8.06. The normalized spacial score (nSPS) is 18.2. The Labute approximate surface area is 104 Å². The van der Waals surface area contributed by atoms with Crippen LogP contribution in [0.1, 0.15) is 10.4 Å². The monoisotopic (exact) mass is 283 g/mol. The summed E-state index contributed by atoms with van der Waals surface area (Å²) in [6.45, 7) is 3.38. The Bertz CT molecular complexity index is 364. The second-order valence-electron chi connectivity index (χ2n) is 3.73. The number of aldehydes is 1. The van der Waals surface area contributed by atoms with Crippen LogP contribution >= 0.6 is 15.9 Å². The van der Waals surface area contributed by atoms with E-state index >= 15 is 0 Å². The number of carbonyl (C=O) groups excluding carboxylic acids is 1. The first-order valence-electron chi connectivity index (χ1n) is 5.33. The lowest BCUT2D eigenvalue weighted by atomic mass is 10.1. The molecule has 0 saturated carbocycles. The molecule has 1 unspecified atom stereocenters. The van der Waals surface area contributed by atoms with Crippen LogP contribution in [0.15, 0.2) is 24.3 Å². The minimum Gasteiger partial charge on any atom is -0.378 e. The molecule has 1 fully saturated rings. The molecular weight excluding hydrogens is 270 g/mol. The summed E-state index contributed by atoms with van der Waals surface area (Å²) in [7, 11) is 0. The highest BCUT2D eigenvalue weighted by Gasteiger charge is 2.13. The maximum atomic E-state index is 10.7. The van der Waals surface area contributed by atoms with Crippen LogP contribution in [-0.2, 0) is 9.53 Å². The molecule has 1 heterocycles. The van der Waals surface area contributed by atoms with E-state index in [-0.39, 0.29) is 4.83 Å². The van der Waals surface area contributed by atoms with Gasteiger partial charge in [0.2, 0.25) is 0 Å². The first kappa shape index (κ1) is 11.6. The Morgan fingerprint density at radius 2 is 2.12 bits per heavy atom. The van der Waals surface area contributed by atoms with Crippen LogP contribution in [0.4, 0.5) is 5.69 Å². The second kappa shape index (κ2) is 5.46. The number of anilines is 1. The van der Waals surface area contributed by atoms with Crippen LogP contribution in [0, 0.1) is 0 Å². The number of halogens is 1. The molecule has 3 nitrogen and oxygen atoms in total. The fourth-order valence-electron chi connectivity index (χ4n) is 1.79. The molecule has 1 aromatic rings. The van der Waals surface area contributed by atoms with E-state index in [4.69, 9.17) is 4.74 Å². The maximum absolute atomic E-state index is 10.7. The minimum absolute atomic E-state index is 0.214. The summed E-state index contributed by atoms with van der Waals surface area (Å²) in [6.07, 6.45) is 0.901. The van der Waals surface area contributed by atoms with Gasteiger partial charge < -0.3 is 14.4 Å². The average Bonchev–Trinajstić information content (AvgIpc) is 2.39. The van der Waals surface area contributed by atoms with Gasteiger partial charge in [-0.05, 0) is 17.7 Å². The van der Waals surface area contributed by atoms with E-state index < -0.39 is 0 Å². The number of hydrogen-bond donors (Lipinski definition) is 0. The Morgan fingerprint density at radius 3 is 2.81 bits per heavy atom. The lowest BCUT2D eigenvalue weighted by Gasteiger charge is -2.29. The Hall–Kier alpha value is -0.870. The SMILES string of the molecule is O=CC(Br)c1cccc(N2CCOCC2)c1. The number of hydrogen-bond acceptors (Lipinski definition) is 3. The van der Waals surface area contributed by atoms with E-state index in [9.17, 15) is 4.79 Å². The number of ether oxygens (including phenoxy) is 1. The van der Waals surface area contributed by atoms with Gasteiger partial charge in [-0.15, -0.1) is 0 Å². The fourth-order valence-corrected chi connectivity index (χ4v) is 2.08. The predicted octanol–water partition coefficient (Wildman–Crippen LogP) is 2.16. The number of benzene rings is 1. The van der Waals surface area contributed by atoms with Crippen molar-refractivity contribution in [3.05, 3.63) is 29.8 Å². The average molecular weight is 284 g/mol. The lowest BCUT2D eigenvalue weighted by molar-refractivity contribution is -0.107. The van der Waals surface area contributed by atoms with Crippen LogP contribution in [0.3, 0.4) is 0 Å². The zero-order valence-electron chi connectivity index (χ0n) is 8.93. The largest absolute Gasteiger partial charge is 0.378 e. The van der Waals surface area contributed by atoms with Gasteiger partial charge in [-0.25, -0.2) is 0 Å². The predicted molar refractivity (Wildman–Crippen MR) is 67.2 cm³/mol. The molecule has 0 aliphatic carbocycles. The maximum Gasteiger partial charge on any atom is 0.138 e. The molecule has 86 valence electrons. The summed E-state index contributed by atoms with van der Waals surface area (Å²) >= 11 is 3.33. The number of nitrogens with zero attached hydrogens (tertiary/aromatic N) is 1. The molecule has 0 bridgehead atoms. The van der Waals surface area contributed by atoms with Crippen molar-refractivity contribution >= 4 is 27.9 Å². The number of rotatable bonds is 3. The van der Waals surface area contributed by atoms with Gasteiger partial charge in [0.05, 0.1) is 18.0 Å². The summed E-state index contributed by atoms with van der Waals surface area (Å²) < 4.78 is 5.31. The van der Waals surface area contributed by atoms with E-state index in [1.165, 1.54) is 0 Å². The van der Waals surface area contributed by atoms with Gasteiger partial charge >= 0.3 is 0 Å². The minimum atomic E-state index is -0.214. The first-order valence-corrected chi connectivity index (χ1v) is 6.25. The fraction of sp³-hybridized carbons (Fsp3) is 0.417. The van der Waals surface area contributed by atoms with Gasteiger partial charge in [0.1, 0.15) is 6.29 Å². The van der Waals surface area contributed by atoms with Crippen molar-refractivity contribution in [1.82, 2.24) is 0 Å². The van der Waals surface area contributed by atoms with Crippen LogP contribution in [-0.4, -0.2) is 32.6 Å². The second-order valence-corrected chi connectivity index (χ2v) is 4.72. The third kappa shape index (κ3) is 2.62. The van der Waals surface area contributed by atoms with E-state index in [0.29, 0.717) is 0 Å². The van der Waals surface area contributed by atoms with Gasteiger partial charge in [0.25, 0.3) is 0 Å². The summed E-state index contributed by atoms with van der Waals surface area (Å²) in [5.41, 5.74) is 2.16. The Balaban J connectivity index is 2.17. The quantitative estimate of drug-likeness (QED) is 0.629. The molecule has 16 heavy (non-hydrogen) atoms. The molecule has 2 rings (SSSR count). The molecule has 1 aliphatic heterocycles. The zero-order chi connectivity index (χ0) is 11.4. The molecule has 0 spiro atoms. The van der Waals surface area contributed by atoms with Gasteiger partial charge in [-0.2, -0.15) is 0 Å². The highest BCUT2D eigenvalue weighted by atomic mass is 79.9. The molecule has 0 amide bonds. The van der Waals surface area contributed by atoms with E-state index in [0.717, 1.165) is 43.8 Å². The van der Waals surface area contributed by atoms with Gasteiger partial charge in [-0.3, -0.25) is 0 Å². The third-order valence-electron chi connectivity index (χ3n) is 2.68. The van der Waals surface area contributed by atoms with Crippen LogP contribution < -0.4 is 4.90 Å². The Morgan fingerprint density at radius 1 is 1.38 bits per heavy atom. The molecule has 0 aromatic heterocycles. The van der Waals surface area contributed by atoms with Crippen molar-refractivity contribution in [3.8, 4) is 0 Å².